The maximum absolute atomic E-state index is 12.8. The Morgan fingerprint density at radius 1 is 1.13 bits per heavy atom. The molecule has 0 saturated carbocycles. The van der Waals surface area contributed by atoms with Gasteiger partial charge in [0.2, 0.25) is 0 Å². The lowest BCUT2D eigenvalue weighted by molar-refractivity contribution is -0.123. The number of halogens is 1. The number of benzene rings is 2. The van der Waals surface area contributed by atoms with Crippen molar-refractivity contribution in [3.63, 3.8) is 0 Å². The molecule has 0 unspecified atom stereocenters. The van der Waals surface area contributed by atoms with Gasteiger partial charge in [0.1, 0.15) is 4.32 Å². The second-order valence-corrected chi connectivity index (χ2v) is 7.24. The second-order valence-electron chi connectivity index (χ2n) is 5.16. The number of hydrogen-bond donors (Lipinski definition) is 0. The number of rotatable bonds is 3. The smallest absolute Gasteiger partial charge is 0.266 e. The minimum atomic E-state index is -0.0964. The van der Waals surface area contributed by atoms with Crippen LogP contribution in [0.1, 0.15) is 24.1 Å². The minimum Gasteiger partial charge on any atom is -0.286 e. The molecular weight excluding hydrogens is 346 g/mol. The summed E-state index contributed by atoms with van der Waals surface area (Å²) >= 11 is 12.9. The van der Waals surface area contributed by atoms with Gasteiger partial charge in [-0.05, 0) is 30.2 Å². The van der Waals surface area contributed by atoms with Crippen LogP contribution in [0.2, 0.25) is 5.02 Å². The summed E-state index contributed by atoms with van der Waals surface area (Å²) in [6.45, 7) is 1.98. The Labute approximate surface area is 150 Å². The molecule has 3 rings (SSSR count). The number of hydrogen-bond acceptors (Lipinski definition) is 3. The molecule has 1 saturated heterocycles. The number of nitrogens with zero attached hydrogens (tertiary/aromatic N) is 1. The van der Waals surface area contributed by atoms with Gasteiger partial charge < -0.3 is 0 Å². The van der Waals surface area contributed by atoms with Gasteiger partial charge in [-0.3, -0.25) is 9.69 Å². The molecule has 23 heavy (non-hydrogen) atoms. The van der Waals surface area contributed by atoms with Crippen molar-refractivity contribution >= 4 is 51.9 Å². The average Bonchev–Trinajstić information content (AvgIpc) is 2.84. The van der Waals surface area contributed by atoms with Crippen molar-refractivity contribution in [3.05, 3.63) is 75.7 Å². The van der Waals surface area contributed by atoms with Crippen LogP contribution in [0.25, 0.3) is 6.08 Å². The predicted molar refractivity (Wildman–Crippen MR) is 101 cm³/mol. The van der Waals surface area contributed by atoms with Crippen molar-refractivity contribution < 1.29 is 4.79 Å². The Morgan fingerprint density at radius 3 is 2.48 bits per heavy atom. The van der Waals surface area contributed by atoms with Gasteiger partial charge >= 0.3 is 0 Å². The third-order valence-corrected chi connectivity index (χ3v) is 5.36. The lowest BCUT2D eigenvalue weighted by Crippen LogP contribution is -2.30. The third kappa shape index (κ3) is 3.34. The van der Waals surface area contributed by atoms with Crippen molar-refractivity contribution in [2.75, 3.05) is 0 Å². The summed E-state index contributed by atoms with van der Waals surface area (Å²) in [5.74, 6) is -0.0729. The zero-order valence-electron chi connectivity index (χ0n) is 12.4. The largest absolute Gasteiger partial charge is 0.286 e. The molecule has 2 aromatic carbocycles. The van der Waals surface area contributed by atoms with Crippen molar-refractivity contribution in [3.8, 4) is 0 Å². The van der Waals surface area contributed by atoms with Crippen LogP contribution in [-0.4, -0.2) is 15.1 Å². The Bertz CT molecular complexity index is 789. The van der Waals surface area contributed by atoms with Gasteiger partial charge in [0.05, 0.1) is 10.9 Å². The fourth-order valence-electron chi connectivity index (χ4n) is 2.43. The fourth-order valence-corrected chi connectivity index (χ4v) is 4.03. The molecule has 5 heteroatoms. The first-order valence-electron chi connectivity index (χ1n) is 7.14. The topological polar surface area (TPSA) is 20.3 Å². The van der Waals surface area contributed by atoms with Gasteiger partial charge in [0, 0.05) is 5.02 Å². The van der Waals surface area contributed by atoms with Crippen LogP contribution in [0.15, 0.2) is 59.5 Å². The zero-order chi connectivity index (χ0) is 16.4. The predicted octanol–water partition coefficient (Wildman–Crippen LogP) is 5.30. The highest BCUT2D eigenvalue weighted by Crippen LogP contribution is 2.38. The first-order chi connectivity index (χ1) is 11.1. The summed E-state index contributed by atoms with van der Waals surface area (Å²) in [5, 5.41) is 0.619. The van der Waals surface area contributed by atoms with E-state index in [0.29, 0.717) is 14.2 Å². The molecule has 0 radical (unpaired) electrons. The summed E-state index contributed by atoms with van der Waals surface area (Å²) in [5.41, 5.74) is 1.88. The normalized spacial score (nSPS) is 17.8. The standard InChI is InChI=1S/C18H14ClNOS2/c1-12(13-7-3-2-4-8-13)20-17(21)16(23-18(20)22)11-14-9-5-6-10-15(14)19/h2-12H,1H3/b16-11-/t12-/m0/s1. The maximum Gasteiger partial charge on any atom is 0.266 e. The molecule has 116 valence electrons. The van der Waals surface area contributed by atoms with Crippen molar-refractivity contribution in [1.82, 2.24) is 4.90 Å². The summed E-state index contributed by atoms with van der Waals surface area (Å²) in [4.78, 5) is 15.0. The molecule has 0 N–H and O–H groups in total. The first-order valence-corrected chi connectivity index (χ1v) is 8.75. The highest BCUT2D eigenvalue weighted by Gasteiger charge is 2.35. The molecule has 0 spiro atoms. The Morgan fingerprint density at radius 2 is 1.78 bits per heavy atom. The van der Waals surface area contributed by atoms with E-state index in [9.17, 15) is 4.79 Å². The number of thioether (sulfide) groups is 1. The van der Waals surface area contributed by atoms with E-state index < -0.39 is 0 Å². The molecule has 0 bridgehead atoms. The number of carbonyl (C=O) groups excluding carboxylic acids is 1. The van der Waals surface area contributed by atoms with Crippen molar-refractivity contribution in [2.45, 2.75) is 13.0 Å². The van der Waals surface area contributed by atoms with Crippen LogP contribution in [0.5, 0.6) is 0 Å². The van der Waals surface area contributed by atoms with Gasteiger partial charge in [-0.2, -0.15) is 0 Å². The monoisotopic (exact) mass is 359 g/mol. The lowest BCUT2D eigenvalue weighted by Gasteiger charge is -2.23. The molecule has 0 aliphatic carbocycles. The van der Waals surface area contributed by atoms with Gasteiger partial charge in [-0.1, -0.05) is 84.1 Å². The van der Waals surface area contributed by atoms with Crippen LogP contribution >= 0.6 is 35.6 Å². The molecule has 2 aromatic rings. The van der Waals surface area contributed by atoms with E-state index in [-0.39, 0.29) is 11.9 Å². The van der Waals surface area contributed by atoms with Gasteiger partial charge in [0.15, 0.2) is 0 Å². The molecule has 1 aliphatic rings. The van der Waals surface area contributed by atoms with E-state index in [0.717, 1.165) is 11.1 Å². The van der Waals surface area contributed by atoms with E-state index >= 15 is 0 Å². The minimum absolute atomic E-state index is 0.0729. The van der Waals surface area contributed by atoms with E-state index in [1.165, 1.54) is 11.8 Å². The molecule has 1 heterocycles. The van der Waals surface area contributed by atoms with Crippen LogP contribution in [0, 0.1) is 0 Å². The Hall–Kier alpha value is -1.62. The summed E-state index contributed by atoms with van der Waals surface area (Å²) < 4.78 is 0.574. The maximum atomic E-state index is 12.8. The molecule has 1 aliphatic heterocycles. The first kappa shape index (κ1) is 16.2. The van der Waals surface area contributed by atoms with Crippen LogP contribution in [0.4, 0.5) is 0 Å². The van der Waals surface area contributed by atoms with Crippen LogP contribution < -0.4 is 0 Å². The number of thiocarbonyl (C=S) groups is 1. The van der Waals surface area contributed by atoms with Crippen LogP contribution in [0.3, 0.4) is 0 Å². The summed E-state index contributed by atoms with van der Waals surface area (Å²) in [6, 6.07) is 17.2. The summed E-state index contributed by atoms with van der Waals surface area (Å²) in [7, 11) is 0. The van der Waals surface area contributed by atoms with Crippen molar-refractivity contribution in [1.29, 1.82) is 0 Å². The van der Waals surface area contributed by atoms with Gasteiger partial charge in [-0.25, -0.2) is 0 Å². The SMILES string of the molecule is C[C@@H](c1ccccc1)N1C(=O)/C(=C/c2ccccc2Cl)SC1=S. The van der Waals surface area contributed by atoms with E-state index in [2.05, 4.69) is 0 Å². The van der Waals surface area contributed by atoms with Gasteiger partial charge in [0.25, 0.3) is 5.91 Å². The zero-order valence-corrected chi connectivity index (χ0v) is 14.8. The van der Waals surface area contributed by atoms with E-state index in [1.54, 1.807) is 17.0 Å². The van der Waals surface area contributed by atoms with Crippen LogP contribution in [-0.2, 0) is 4.79 Å². The molecule has 0 aromatic heterocycles. The quantitative estimate of drug-likeness (QED) is 0.547. The molecule has 1 amide bonds. The molecule has 2 nitrogen and oxygen atoms in total. The molecule has 1 fully saturated rings. The Kier molecular flexibility index (Phi) is 4.85. The second kappa shape index (κ2) is 6.87. The van der Waals surface area contributed by atoms with Gasteiger partial charge in [-0.15, -0.1) is 0 Å². The van der Waals surface area contributed by atoms with E-state index in [4.69, 9.17) is 23.8 Å². The average molecular weight is 360 g/mol. The number of carbonyl (C=O) groups is 1. The number of amides is 1. The van der Waals surface area contributed by atoms with Crippen molar-refractivity contribution in [2.24, 2.45) is 0 Å². The fraction of sp³-hybridized carbons (Fsp3) is 0.111. The highest BCUT2D eigenvalue weighted by atomic mass is 35.5. The Balaban J connectivity index is 1.90. The summed E-state index contributed by atoms with van der Waals surface area (Å²) in [6.07, 6.45) is 1.80. The lowest BCUT2D eigenvalue weighted by atomic mass is 10.1. The van der Waals surface area contributed by atoms with E-state index in [1.807, 2.05) is 55.5 Å². The molecule has 1 atom stereocenters. The third-order valence-electron chi connectivity index (χ3n) is 3.68. The highest BCUT2D eigenvalue weighted by molar-refractivity contribution is 8.26. The molecular formula is C18H14ClNOS2.